The van der Waals surface area contributed by atoms with Crippen molar-refractivity contribution < 1.29 is 4.42 Å². The van der Waals surface area contributed by atoms with Gasteiger partial charge in [0.25, 0.3) is 0 Å². The molecule has 66 heavy (non-hydrogen) atoms. The summed E-state index contributed by atoms with van der Waals surface area (Å²) in [7, 11) is 0.762. The number of anilines is 5. The summed E-state index contributed by atoms with van der Waals surface area (Å²) in [5.41, 5.74) is 21.2. The van der Waals surface area contributed by atoms with E-state index in [2.05, 4.69) is 229 Å². The van der Waals surface area contributed by atoms with Gasteiger partial charge in [-0.05, 0) is 109 Å². The van der Waals surface area contributed by atoms with Gasteiger partial charge in [-0.3, -0.25) is 0 Å². The van der Waals surface area contributed by atoms with Crippen molar-refractivity contribution >= 4 is 89.3 Å². The summed E-state index contributed by atoms with van der Waals surface area (Å²) in [6, 6.07) is 61.0. The van der Waals surface area contributed by atoms with Crippen molar-refractivity contribution in [2.75, 3.05) is 10.2 Å². The second kappa shape index (κ2) is 14.6. The Morgan fingerprint density at radius 3 is 2.02 bits per heavy atom. The first kappa shape index (κ1) is 40.7. The van der Waals surface area contributed by atoms with Gasteiger partial charge >= 0.3 is 0 Å². The van der Waals surface area contributed by atoms with Crippen LogP contribution in [-0.2, 0) is 16.2 Å². The van der Waals surface area contributed by atoms with E-state index in [1.54, 1.807) is 0 Å². The van der Waals surface area contributed by atoms with Crippen molar-refractivity contribution in [1.29, 1.82) is 0 Å². The van der Waals surface area contributed by atoms with Gasteiger partial charge in [-0.25, -0.2) is 0 Å². The molecule has 10 aromatic rings. The minimum atomic E-state index is -0.209. The summed E-state index contributed by atoms with van der Waals surface area (Å²) in [5.74, 6) is 0. The van der Waals surface area contributed by atoms with Crippen LogP contribution >= 0.6 is 11.3 Å². The maximum Gasteiger partial charge on any atom is 0.211 e. The Balaban J connectivity index is 1.23. The van der Waals surface area contributed by atoms with Gasteiger partial charge in [0.1, 0.15) is 11.2 Å². The third-order valence-corrected chi connectivity index (χ3v) is 15.6. The topological polar surface area (TPSA) is 28.4 Å². The number of nitrogens with one attached hydrogen (secondary N) is 1. The largest absolute Gasteiger partial charge is 0.455 e. The first-order chi connectivity index (χ1) is 31.8. The van der Waals surface area contributed by atoms with Crippen LogP contribution in [0.25, 0.3) is 65.4 Å². The van der Waals surface area contributed by atoms with Crippen LogP contribution in [0.3, 0.4) is 0 Å². The number of rotatable bonds is 5. The minimum absolute atomic E-state index is 0.0363. The van der Waals surface area contributed by atoms with Crippen LogP contribution < -0.4 is 20.5 Å². The highest BCUT2D eigenvalue weighted by molar-refractivity contribution is 7.29. The van der Waals surface area contributed by atoms with E-state index in [1.165, 1.54) is 87.5 Å². The average molecular weight is 873 g/mol. The van der Waals surface area contributed by atoms with Gasteiger partial charge in [0, 0.05) is 60.0 Å². The molecule has 1 N–H and O–H groups in total. The lowest BCUT2D eigenvalue weighted by Crippen LogP contribution is -2.39. The van der Waals surface area contributed by atoms with E-state index in [4.69, 9.17) is 4.42 Å². The summed E-state index contributed by atoms with van der Waals surface area (Å²) in [6.07, 6.45) is 0. The molecule has 0 unspecified atom stereocenters. The van der Waals surface area contributed by atoms with Crippen LogP contribution in [0.4, 0.5) is 28.4 Å². The maximum absolute atomic E-state index is 7.25. The molecule has 3 heterocycles. The molecule has 8 aromatic carbocycles. The van der Waals surface area contributed by atoms with Crippen molar-refractivity contribution in [3.8, 4) is 33.4 Å². The second-order valence-electron chi connectivity index (χ2n) is 21.0. The second-order valence-corrected chi connectivity index (χ2v) is 22.1. The molecular formula is C61H53BN2OS. The number of furan rings is 1. The fraction of sp³-hybridized carbons (Fsp3) is 0.180. The first-order valence-corrected chi connectivity index (χ1v) is 24.2. The molecule has 0 amide bonds. The van der Waals surface area contributed by atoms with Crippen LogP contribution in [0.1, 0.15) is 77.6 Å². The molecule has 0 fully saturated rings. The summed E-state index contributed by atoms with van der Waals surface area (Å²) < 4.78 is 9.89. The molecule has 3 nitrogen and oxygen atoms in total. The van der Waals surface area contributed by atoms with Gasteiger partial charge in [-0.15, -0.1) is 11.3 Å². The van der Waals surface area contributed by atoms with Gasteiger partial charge in [0.2, 0.25) is 7.28 Å². The SMILES string of the molecule is CC(C)(C)c1ccc(Nc2ccc3c(c2-c2c4c(cc5c2oc2ccccc25)N(c2ccc(C(C)(C)C)cc2-c2ccccc2)c2c(sc5ccccc25)B4)-c2ccccc2C3(C)C)cc1. The fourth-order valence-electron chi connectivity index (χ4n) is 10.9. The Labute approximate surface area is 393 Å². The van der Waals surface area contributed by atoms with E-state index in [9.17, 15) is 0 Å². The molecule has 0 atom stereocenters. The average Bonchev–Trinajstić information content (AvgIpc) is 3.94. The number of fused-ring (bicyclic) bond motifs is 10. The summed E-state index contributed by atoms with van der Waals surface area (Å²) >= 11 is 1.92. The van der Waals surface area contributed by atoms with Crippen molar-refractivity contribution in [3.63, 3.8) is 0 Å². The highest BCUT2D eigenvalue weighted by atomic mass is 32.1. The van der Waals surface area contributed by atoms with E-state index < -0.39 is 0 Å². The lowest BCUT2D eigenvalue weighted by atomic mass is 9.61. The molecule has 0 saturated carbocycles. The Morgan fingerprint density at radius 2 is 1.24 bits per heavy atom. The van der Waals surface area contributed by atoms with Crippen molar-refractivity contribution in [2.45, 2.75) is 71.6 Å². The molecular weight excluding hydrogens is 820 g/mol. The summed E-state index contributed by atoms with van der Waals surface area (Å²) in [4.78, 5) is 2.62. The third-order valence-electron chi connectivity index (χ3n) is 14.4. The molecule has 1 aliphatic carbocycles. The Kier molecular flexibility index (Phi) is 8.99. The van der Waals surface area contributed by atoms with E-state index in [0.29, 0.717) is 0 Å². The van der Waals surface area contributed by atoms with Crippen LogP contribution in [0.2, 0.25) is 0 Å². The van der Waals surface area contributed by atoms with Crippen molar-refractivity contribution in [2.24, 2.45) is 0 Å². The number of thiophene rings is 1. The van der Waals surface area contributed by atoms with Crippen molar-refractivity contribution in [3.05, 3.63) is 186 Å². The molecule has 5 heteroatoms. The fourth-order valence-corrected chi connectivity index (χ4v) is 12.1. The van der Waals surface area contributed by atoms with Gasteiger partial charge in [-0.1, -0.05) is 171 Å². The zero-order valence-corrected chi connectivity index (χ0v) is 39.9. The predicted molar refractivity (Wildman–Crippen MR) is 286 cm³/mol. The number of hydrogen-bond donors (Lipinski definition) is 1. The Morgan fingerprint density at radius 1 is 0.561 bits per heavy atom. The standard InChI is InChI=1S/C61H53BN2OS/c1-59(2,3)37-26-29-39(30-27-37)63-47-32-31-46-52(41-21-12-15-23-45(41)61(46,7)8)53(47)54-55-49(35-44-40-20-13-16-24-50(40)65-57(44)54)64(56-42-22-14-17-25-51(42)66-58(56)62-55)48-33-28-38(60(4,5)6)34-43(48)36-18-10-9-11-19-36/h9-35,62-63H,1-8H3. The molecule has 2 aliphatic rings. The van der Waals surface area contributed by atoms with Crippen LogP contribution in [0.5, 0.6) is 0 Å². The normalized spacial score (nSPS) is 14.0. The van der Waals surface area contributed by atoms with E-state index in [-0.39, 0.29) is 16.2 Å². The Bertz CT molecular complexity index is 3580. The quantitative estimate of drug-likeness (QED) is 0.175. The maximum atomic E-state index is 7.25. The zero-order valence-electron chi connectivity index (χ0n) is 39.1. The number of benzene rings is 8. The molecule has 0 saturated heterocycles. The molecule has 12 rings (SSSR count). The number of nitrogens with zero attached hydrogens (tertiary/aromatic N) is 1. The van der Waals surface area contributed by atoms with Crippen LogP contribution in [0.15, 0.2) is 168 Å². The van der Waals surface area contributed by atoms with Crippen LogP contribution in [0, 0.1) is 0 Å². The highest BCUT2D eigenvalue weighted by Gasteiger charge is 2.41. The molecule has 2 aromatic heterocycles. The Hall–Kier alpha value is -6.82. The van der Waals surface area contributed by atoms with E-state index >= 15 is 0 Å². The molecule has 0 spiro atoms. The van der Waals surface area contributed by atoms with Gasteiger partial charge in [0.15, 0.2) is 0 Å². The lowest BCUT2D eigenvalue weighted by Gasteiger charge is -2.36. The summed E-state index contributed by atoms with van der Waals surface area (Å²) in [5, 5.41) is 7.53. The summed E-state index contributed by atoms with van der Waals surface area (Å²) in [6.45, 7) is 18.5. The van der Waals surface area contributed by atoms with Gasteiger partial charge in [-0.2, -0.15) is 0 Å². The predicted octanol–water partition coefficient (Wildman–Crippen LogP) is 16.0. The van der Waals surface area contributed by atoms with E-state index in [1.807, 2.05) is 11.3 Å². The number of para-hydroxylation sites is 1. The zero-order chi connectivity index (χ0) is 45.3. The van der Waals surface area contributed by atoms with Crippen LogP contribution in [-0.4, -0.2) is 7.28 Å². The number of hydrogen-bond acceptors (Lipinski definition) is 4. The monoisotopic (exact) mass is 872 g/mol. The molecule has 1 aliphatic heterocycles. The van der Waals surface area contributed by atoms with Gasteiger partial charge in [0.05, 0.1) is 11.4 Å². The molecule has 0 bridgehead atoms. The third kappa shape index (κ3) is 6.23. The highest BCUT2D eigenvalue weighted by Crippen LogP contribution is 2.57. The van der Waals surface area contributed by atoms with Crippen molar-refractivity contribution in [1.82, 2.24) is 0 Å². The van der Waals surface area contributed by atoms with E-state index in [0.717, 1.165) is 46.2 Å². The first-order valence-electron chi connectivity index (χ1n) is 23.4. The molecule has 322 valence electrons. The van der Waals surface area contributed by atoms with Gasteiger partial charge < -0.3 is 14.6 Å². The smallest absolute Gasteiger partial charge is 0.211 e. The minimum Gasteiger partial charge on any atom is -0.455 e. The lowest BCUT2D eigenvalue weighted by molar-refractivity contribution is 0.590. The molecule has 0 radical (unpaired) electrons.